The van der Waals surface area contributed by atoms with Gasteiger partial charge in [0, 0.05) is 25.2 Å². The first-order valence-electron chi connectivity index (χ1n) is 6.24. The maximum absolute atomic E-state index is 13.5. The van der Waals surface area contributed by atoms with Crippen LogP contribution < -0.4 is 0 Å². The highest BCUT2D eigenvalue weighted by Crippen LogP contribution is 2.38. The van der Waals surface area contributed by atoms with Gasteiger partial charge in [-0.2, -0.15) is 4.39 Å². The molecular formula is C13H15FN2O2. The minimum Gasteiger partial charge on any atom is -0.393 e. The van der Waals surface area contributed by atoms with E-state index >= 15 is 0 Å². The van der Waals surface area contributed by atoms with Gasteiger partial charge in [0.25, 0.3) is 5.91 Å². The maximum atomic E-state index is 13.5. The van der Waals surface area contributed by atoms with Crippen LogP contribution in [-0.2, 0) is 0 Å². The average molecular weight is 250 g/mol. The third-order valence-corrected chi connectivity index (χ3v) is 4.10. The fraction of sp³-hybridized carbons (Fsp3) is 0.538. The molecule has 1 saturated heterocycles. The van der Waals surface area contributed by atoms with Crippen molar-refractivity contribution in [1.82, 2.24) is 9.88 Å². The molecule has 2 aliphatic rings. The van der Waals surface area contributed by atoms with Gasteiger partial charge in [-0.3, -0.25) is 4.79 Å². The van der Waals surface area contributed by atoms with E-state index in [0.717, 1.165) is 12.8 Å². The lowest BCUT2D eigenvalue weighted by atomic mass is 10.00. The molecule has 1 aromatic rings. The summed E-state index contributed by atoms with van der Waals surface area (Å²) < 4.78 is 13.5. The van der Waals surface area contributed by atoms with Crippen molar-refractivity contribution >= 4 is 5.91 Å². The molecule has 1 saturated carbocycles. The Morgan fingerprint density at radius 2 is 2.28 bits per heavy atom. The quantitative estimate of drug-likeness (QED) is 0.758. The number of aromatic nitrogens is 1. The topological polar surface area (TPSA) is 53.4 Å². The number of aliphatic hydroxyl groups is 1. The zero-order valence-electron chi connectivity index (χ0n) is 9.92. The van der Waals surface area contributed by atoms with E-state index in [4.69, 9.17) is 0 Å². The summed E-state index contributed by atoms with van der Waals surface area (Å²) in [6.45, 7) is 1.15. The average Bonchev–Trinajstić information content (AvgIpc) is 2.92. The molecule has 3 atom stereocenters. The summed E-state index contributed by atoms with van der Waals surface area (Å²) in [5.41, 5.74) is 0.0203. The Kier molecular flexibility index (Phi) is 2.78. The molecule has 18 heavy (non-hydrogen) atoms. The van der Waals surface area contributed by atoms with E-state index in [1.165, 1.54) is 12.3 Å². The zero-order valence-corrected chi connectivity index (χ0v) is 9.92. The van der Waals surface area contributed by atoms with Crippen LogP contribution >= 0.6 is 0 Å². The number of likely N-dealkylation sites (tertiary alicyclic amines) is 1. The molecular weight excluding hydrogens is 235 g/mol. The van der Waals surface area contributed by atoms with Crippen molar-refractivity contribution in [3.63, 3.8) is 0 Å². The molecule has 0 aromatic carbocycles. The monoisotopic (exact) mass is 250 g/mol. The molecule has 1 aromatic heterocycles. The summed E-state index contributed by atoms with van der Waals surface area (Å²) in [6, 6.07) is 3.01. The predicted octanol–water partition coefficient (Wildman–Crippen LogP) is 1.06. The molecule has 1 amide bonds. The van der Waals surface area contributed by atoms with Gasteiger partial charge >= 0.3 is 0 Å². The fourth-order valence-corrected chi connectivity index (χ4v) is 3.12. The lowest BCUT2D eigenvalue weighted by Gasteiger charge is -2.18. The Hall–Kier alpha value is -1.49. The number of pyridine rings is 1. The number of fused-ring (bicyclic) bond motifs is 1. The molecule has 0 radical (unpaired) electrons. The molecule has 1 N–H and O–H groups in total. The predicted molar refractivity (Wildman–Crippen MR) is 62.3 cm³/mol. The second-order valence-electron chi connectivity index (χ2n) is 5.12. The molecule has 0 spiro atoms. The number of carbonyl (C=O) groups is 1. The van der Waals surface area contributed by atoms with Gasteiger partial charge in [0.15, 0.2) is 0 Å². The first-order valence-corrected chi connectivity index (χ1v) is 6.24. The molecule has 5 heteroatoms. The molecule has 1 aliphatic heterocycles. The number of hydrogen-bond acceptors (Lipinski definition) is 3. The van der Waals surface area contributed by atoms with Gasteiger partial charge < -0.3 is 10.0 Å². The normalized spacial score (nSPS) is 30.6. The van der Waals surface area contributed by atoms with E-state index in [1.807, 2.05) is 0 Å². The molecule has 4 nitrogen and oxygen atoms in total. The van der Waals surface area contributed by atoms with Crippen molar-refractivity contribution < 1.29 is 14.3 Å². The molecule has 2 heterocycles. The smallest absolute Gasteiger partial charge is 0.258 e. The standard InChI is InChI=1S/C13H15FN2O2/c14-12-9(2-1-5-15-12)13(18)16-6-8-3-4-11(17)10(8)7-16/h1-2,5,8,10-11,17H,3-4,6-7H2. The summed E-state index contributed by atoms with van der Waals surface area (Å²) >= 11 is 0. The molecule has 96 valence electrons. The summed E-state index contributed by atoms with van der Waals surface area (Å²) in [5.74, 6) is -0.514. The summed E-state index contributed by atoms with van der Waals surface area (Å²) in [5, 5.41) is 9.80. The van der Waals surface area contributed by atoms with Crippen molar-refractivity contribution in [2.75, 3.05) is 13.1 Å². The molecule has 2 fully saturated rings. The Labute approximate surface area is 104 Å². The number of rotatable bonds is 1. The van der Waals surface area contributed by atoms with Crippen LogP contribution in [0.4, 0.5) is 4.39 Å². The molecule has 1 aliphatic carbocycles. The molecule has 0 bridgehead atoms. The van der Waals surface area contributed by atoms with E-state index in [2.05, 4.69) is 4.98 Å². The van der Waals surface area contributed by atoms with Gasteiger partial charge in [0.1, 0.15) is 0 Å². The lowest BCUT2D eigenvalue weighted by Crippen LogP contribution is -2.31. The SMILES string of the molecule is O=C(c1cccnc1F)N1CC2CCC(O)C2C1. The maximum Gasteiger partial charge on any atom is 0.258 e. The highest BCUT2D eigenvalue weighted by molar-refractivity contribution is 5.94. The van der Waals surface area contributed by atoms with Crippen LogP contribution in [0.15, 0.2) is 18.3 Å². The summed E-state index contributed by atoms with van der Waals surface area (Å²) in [4.78, 5) is 17.3. The van der Waals surface area contributed by atoms with Gasteiger partial charge in [0.05, 0.1) is 11.7 Å². The summed E-state index contributed by atoms with van der Waals surface area (Å²) in [7, 11) is 0. The number of carbonyl (C=O) groups excluding carboxylic acids is 1. The van der Waals surface area contributed by atoms with Crippen LogP contribution in [0.3, 0.4) is 0 Å². The summed E-state index contributed by atoms with van der Waals surface area (Å²) in [6.07, 6.45) is 2.78. The highest BCUT2D eigenvalue weighted by Gasteiger charge is 2.43. The van der Waals surface area contributed by atoms with Gasteiger partial charge in [-0.05, 0) is 30.9 Å². The fourth-order valence-electron chi connectivity index (χ4n) is 3.12. The van der Waals surface area contributed by atoms with Crippen LogP contribution in [-0.4, -0.2) is 40.1 Å². The Morgan fingerprint density at radius 1 is 1.44 bits per heavy atom. The minimum atomic E-state index is -0.722. The van der Waals surface area contributed by atoms with E-state index in [0.29, 0.717) is 19.0 Å². The van der Waals surface area contributed by atoms with E-state index in [1.54, 1.807) is 11.0 Å². The van der Waals surface area contributed by atoms with Crippen LogP contribution in [0.2, 0.25) is 0 Å². The largest absolute Gasteiger partial charge is 0.393 e. The second kappa shape index (κ2) is 4.31. The third-order valence-electron chi connectivity index (χ3n) is 4.10. The van der Waals surface area contributed by atoms with Crippen molar-refractivity contribution in [2.24, 2.45) is 11.8 Å². The van der Waals surface area contributed by atoms with Crippen molar-refractivity contribution in [3.05, 3.63) is 29.8 Å². The number of aliphatic hydroxyl groups excluding tert-OH is 1. The first-order chi connectivity index (χ1) is 8.66. The third kappa shape index (κ3) is 1.79. The van der Waals surface area contributed by atoms with E-state index < -0.39 is 5.95 Å². The van der Waals surface area contributed by atoms with Crippen molar-refractivity contribution in [3.8, 4) is 0 Å². The number of halogens is 1. The second-order valence-corrected chi connectivity index (χ2v) is 5.12. The van der Waals surface area contributed by atoms with Gasteiger partial charge in [-0.1, -0.05) is 0 Å². The zero-order chi connectivity index (χ0) is 12.7. The van der Waals surface area contributed by atoms with Crippen LogP contribution in [0.1, 0.15) is 23.2 Å². The van der Waals surface area contributed by atoms with Gasteiger partial charge in [0.2, 0.25) is 5.95 Å². The van der Waals surface area contributed by atoms with Crippen molar-refractivity contribution in [1.29, 1.82) is 0 Å². The van der Waals surface area contributed by atoms with Crippen LogP contribution in [0.5, 0.6) is 0 Å². The lowest BCUT2D eigenvalue weighted by molar-refractivity contribution is 0.0747. The van der Waals surface area contributed by atoms with Crippen LogP contribution in [0, 0.1) is 17.8 Å². The minimum absolute atomic E-state index is 0.0203. The molecule has 3 rings (SSSR count). The van der Waals surface area contributed by atoms with Gasteiger partial charge in [-0.15, -0.1) is 0 Å². The highest BCUT2D eigenvalue weighted by atomic mass is 19.1. The number of amides is 1. The van der Waals surface area contributed by atoms with E-state index in [9.17, 15) is 14.3 Å². The first kappa shape index (κ1) is 11.6. The number of nitrogens with zero attached hydrogens (tertiary/aromatic N) is 2. The van der Waals surface area contributed by atoms with Crippen LogP contribution in [0.25, 0.3) is 0 Å². The Bertz CT molecular complexity index is 480. The Morgan fingerprint density at radius 3 is 3.00 bits per heavy atom. The van der Waals surface area contributed by atoms with Gasteiger partial charge in [-0.25, -0.2) is 4.98 Å². The van der Waals surface area contributed by atoms with Crippen molar-refractivity contribution in [2.45, 2.75) is 18.9 Å². The number of hydrogen-bond donors (Lipinski definition) is 1. The Balaban J connectivity index is 1.78. The van der Waals surface area contributed by atoms with E-state index in [-0.39, 0.29) is 23.5 Å². The molecule has 3 unspecified atom stereocenters.